The van der Waals surface area contributed by atoms with Gasteiger partial charge < -0.3 is 4.90 Å². The fourth-order valence-electron chi connectivity index (χ4n) is 1.87. The van der Waals surface area contributed by atoms with Crippen LogP contribution in [-0.4, -0.2) is 43.9 Å². The summed E-state index contributed by atoms with van der Waals surface area (Å²) in [7, 11) is 0. The van der Waals surface area contributed by atoms with Crippen LogP contribution in [0.15, 0.2) is 36.9 Å². The molecule has 1 fully saturated rings. The van der Waals surface area contributed by atoms with Crippen LogP contribution >= 0.6 is 0 Å². The molecule has 3 heterocycles. The molecule has 6 nitrogen and oxygen atoms in total. The molecule has 1 saturated heterocycles. The van der Waals surface area contributed by atoms with Crippen LogP contribution in [0, 0.1) is 0 Å². The second-order valence-electron chi connectivity index (χ2n) is 3.99. The summed E-state index contributed by atoms with van der Waals surface area (Å²) >= 11 is 0. The fraction of sp³-hybridized carbons (Fsp3) is 0.273. The molecule has 0 saturated carbocycles. The number of aromatic nitrogens is 4. The van der Waals surface area contributed by atoms with Crippen molar-refractivity contribution in [3.05, 3.63) is 42.5 Å². The van der Waals surface area contributed by atoms with E-state index in [1.54, 1.807) is 40.3 Å². The number of carbonyl (C=O) groups is 1. The fourth-order valence-corrected chi connectivity index (χ4v) is 1.87. The molecule has 1 aliphatic rings. The van der Waals surface area contributed by atoms with E-state index in [0.717, 1.165) is 0 Å². The van der Waals surface area contributed by atoms with Gasteiger partial charge in [0.1, 0.15) is 0 Å². The summed E-state index contributed by atoms with van der Waals surface area (Å²) < 4.78 is 1.78. The molecule has 2 aromatic rings. The lowest BCUT2D eigenvalue weighted by Crippen LogP contribution is -2.50. The largest absolute Gasteiger partial charge is 0.334 e. The maximum atomic E-state index is 12.0. The lowest BCUT2D eigenvalue weighted by Gasteiger charge is -2.38. The van der Waals surface area contributed by atoms with Crippen molar-refractivity contribution >= 4 is 5.91 Å². The van der Waals surface area contributed by atoms with Crippen LogP contribution < -0.4 is 0 Å². The summed E-state index contributed by atoms with van der Waals surface area (Å²) in [6.07, 6.45) is 6.71. The van der Waals surface area contributed by atoms with Gasteiger partial charge in [0.25, 0.3) is 5.91 Å². The first-order chi connectivity index (χ1) is 8.34. The van der Waals surface area contributed by atoms with Crippen molar-refractivity contribution in [3.63, 3.8) is 0 Å². The zero-order valence-electron chi connectivity index (χ0n) is 9.10. The SMILES string of the molecule is O=C(c1cccnc1)N1CC(n2ccnn2)C1. The third kappa shape index (κ3) is 1.77. The zero-order valence-corrected chi connectivity index (χ0v) is 9.10. The normalized spacial score (nSPS) is 15.6. The van der Waals surface area contributed by atoms with E-state index in [1.165, 1.54) is 0 Å². The number of likely N-dealkylation sites (tertiary alicyclic amines) is 1. The Morgan fingerprint density at radius 3 is 2.88 bits per heavy atom. The van der Waals surface area contributed by atoms with Gasteiger partial charge in [0.2, 0.25) is 0 Å². The van der Waals surface area contributed by atoms with Gasteiger partial charge in [0.15, 0.2) is 0 Å². The van der Waals surface area contributed by atoms with E-state index in [0.29, 0.717) is 18.7 Å². The van der Waals surface area contributed by atoms with Gasteiger partial charge in [-0.15, -0.1) is 5.10 Å². The van der Waals surface area contributed by atoms with Crippen molar-refractivity contribution in [1.29, 1.82) is 0 Å². The maximum Gasteiger partial charge on any atom is 0.255 e. The highest BCUT2D eigenvalue weighted by molar-refractivity contribution is 5.94. The molecule has 0 N–H and O–H groups in total. The Morgan fingerprint density at radius 1 is 1.35 bits per heavy atom. The van der Waals surface area contributed by atoms with Crippen molar-refractivity contribution in [1.82, 2.24) is 24.9 Å². The van der Waals surface area contributed by atoms with Crippen molar-refractivity contribution in [3.8, 4) is 0 Å². The smallest absolute Gasteiger partial charge is 0.255 e. The summed E-state index contributed by atoms with van der Waals surface area (Å²) in [6, 6.07) is 3.79. The molecule has 0 atom stereocenters. The first-order valence-corrected chi connectivity index (χ1v) is 5.40. The Labute approximate surface area is 97.9 Å². The Bertz CT molecular complexity index is 504. The Balaban J connectivity index is 1.65. The molecule has 0 radical (unpaired) electrons. The Hall–Kier alpha value is -2.24. The van der Waals surface area contributed by atoms with Gasteiger partial charge in [-0.3, -0.25) is 9.78 Å². The molecule has 1 amide bonds. The topological polar surface area (TPSA) is 63.9 Å². The molecule has 86 valence electrons. The van der Waals surface area contributed by atoms with Gasteiger partial charge in [-0.1, -0.05) is 5.21 Å². The first kappa shape index (κ1) is 9.95. The van der Waals surface area contributed by atoms with E-state index in [2.05, 4.69) is 15.3 Å². The van der Waals surface area contributed by atoms with Crippen LogP contribution in [0.2, 0.25) is 0 Å². The van der Waals surface area contributed by atoms with Gasteiger partial charge in [-0.25, -0.2) is 4.68 Å². The first-order valence-electron chi connectivity index (χ1n) is 5.40. The minimum atomic E-state index is 0.0227. The number of amides is 1. The van der Waals surface area contributed by atoms with E-state index >= 15 is 0 Å². The van der Waals surface area contributed by atoms with E-state index in [1.807, 2.05) is 6.20 Å². The quantitative estimate of drug-likeness (QED) is 0.746. The van der Waals surface area contributed by atoms with Crippen molar-refractivity contribution < 1.29 is 4.79 Å². The summed E-state index contributed by atoms with van der Waals surface area (Å²) in [6.45, 7) is 1.36. The number of pyridine rings is 1. The number of carbonyl (C=O) groups excluding carboxylic acids is 1. The predicted molar refractivity (Wildman–Crippen MR) is 59.2 cm³/mol. The van der Waals surface area contributed by atoms with Crippen LogP contribution in [0.3, 0.4) is 0 Å². The van der Waals surface area contributed by atoms with Crippen molar-refractivity contribution in [2.45, 2.75) is 6.04 Å². The van der Waals surface area contributed by atoms with Crippen LogP contribution in [0.1, 0.15) is 16.4 Å². The average molecular weight is 229 g/mol. The van der Waals surface area contributed by atoms with Crippen LogP contribution in [0.4, 0.5) is 0 Å². The molecule has 0 aromatic carbocycles. The molecule has 0 aliphatic carbocycles. The average Bonchev–Trinajstić information content (AvgIpc) is 2.82. The Morgan fingerprint density at radius 2 is 2.24 bits per heavy atom. The molecule has 1 aliphatic heterocycles. The van der Waals surface area contributed by atoms with Gasteiger partial charge in [-0.05, 0) is 12.1 Å². The predicted octanol–water partition coefficient (Wildman–Crippen LogP) is 0.370. The molecular weight excluding hydrogens is 218 g/mol. The van der Waals surface area contributed by atoms with Crippen molar-refractivity contribution in [2.75, 3.05) is 13.1 Å². The van der Waals surface area contributed by atoms with E-state index in [4.69, 9.17) is 0 Å². The number of hydrogen-bond acceptors (Lipinski definition) is 4. The summed E-state index contributed by atoms with van der Waals surface area (Å²) in [5, 5.41) is 7.67. The highest BCUT2D eigenvalue weighted by Crippen LogP contribution is 2.21. The molecule has 0 bridgehead atoms. The molecule has 17 heavy (non-hydrogen) atoms. The third-order valence-corrected chi connectivity index (χ3v) is 2.87. The monoisotopic (exact) mass is 229 g/mol. The molecule has 6 heteroatoms. The van der Waals surface area contributed by atoms with E-state index < -0.39 is 0 Å². The molecule has 3 rings (SSSR count). The number of rotatable bonds is 2. The van der Waals surface area contributed by atoms with Gasteiger partial charge in [0, 0.05) is 31.7 Å². The van der Waals surface area contributed by atoms with Gasteiger partial charge in [0.05, 0.1) is 17.8 Å². The molecule has 2 aromatic heterocycles. The lowest BCUT2D eigenvalue weighted by atomic mass is 10.1. The maximum absolute atomic E-state index is 12.0. The van der Waals surface area contributed by atoms with Gasteiger partial charge in [-0.2, -0.15) is 0 Å². The van der Waals surface area contributed by atoms with E-state index in [9.17, 15) is 4.79 Å². The molecule has 0 spiro atoms. The van der Waals surface area contributed by atoms with Crippen molar-refractivity contribution in [2.24, 2.45) is 0 Å². The highest BCUT2D eigenvalue weighted by atomic mass is 16.2. The minimum absolute atomic E-state index is 0.0227. The van der Waals surface area contributed by atoms with E-state index in [-0.39, 0.29) is 11.9 Å². The minimum Gasteiger partial charge on any atom is -0.334 e. The van der Waals surface area contributed by atoms with Gasteiger partial charge >= 0.3 is 0 Å². The lowest BCUT2D eigenvalue weighted by molar-refractivity contribution is 0.0498. The van der Waals surface area contributed by atoms with Crippen LogP contribution in [0.25, 0.3) is 0 Å². The second kappa shape index (κ2) is 3.97. The Kier molecular flexibility index (Phi) is 2.32. The van der Waals surface area contributed by atoms with Crippen LogP contribution in [-0.2, 0) is 0 Å². The third-order valence-electron chi connectivity index (χ3n) is 2.87. The highest BCUT2D eigenvalue weighted by Gasteiger charge is 2.32. The second-order valence-corrected chi connectivity index (χ2v) is 3.99. The summed E-state index contributed by atoms with van der Waals surface area (Å²) in [4.78, 5) is 17.7. The zero-order chi connectivity index (χ0) is 11.7. The summed E-state index contributed by atoms with van der Waals surface area (Å²) in [5.74, 6) is 0.0227. The molecule has 0 unspecified atom stereocenters. The summed E-state index contributed by atoms with van der Waals surface area (Å²) in [5.41, 5.74) is 0.629. The number of nitrogens with zero attached hydrogens (tertiary/aromatic N) is 5. The standard InChI is InChI=1S/C11H11N5O/c17-11(9-2-1-3-12-6-9)15-7-10(8-15)16-5-4-13-14-16/h1-6,10H,7-8H2. The molecular formula is C11H11N5O. The number of hydrogen-bond donors (Lipinski definition) is 0. The van der Waals surface area contributed by atoms with Crippen LogP contribution in [0.5, 0.6) is 0 Å².